The van der Waals surface area contributed by atoms with Crippen LogP contribution in [0.1, 0.15) is 30.7 Å². The van der Waals surface area contributed by atoms with Gasteiger partial charge in [-0.15, -0.1) is 0 Å². The highest BCUT2D eigenvalue weighted by atomic mass is 14.7. The molecular formula is C15H17N. The Hall–Kier alpha value is -1.63. The topological polar surface area (TPSA) is 12.9 Å². The molecular weight excluding hydrogens is 194 g/mol. The molecule has 0 aliphatic carbocycles. The van der Waals surface area contributed by atoms with Gasteiger partial charge >= 0.3 is 0 Å². The first kappa shape index (κ1) is 10.9. The maximum atomic E-state index is 4.46. The van der Waals surface area contributed by atoms with Crippen molar-refractivity contribution in [3.05, 3.63) is 65.5 Å². The molecule has 1 heterocycles. The van der Waals surface area contributed by atoms with Crippen molar-refractivity contribution < 1.29 is 0 Å². The molecule has 0 unspecified atom stereocenters. The summed E-state index contributed by atoms with van der Waals surface area (Å²) >= 11 is 0. The molecule has 0 spiro atoms. The van der Waals surface area contributed by atoms with Gasteiger partial charge < -0.3 is 0 Å². The second-order valence-corrected chi connectivity index (χ2v) is 4.71. The molecule has 1 aromatic carbocycles. The van der Waals surface area contributed by atoms with Gasteiger partial charge in [0, 0.05) is 11.6 Å². The fourth-order valence-corrected chi connectivity index (χ4v) is 1.91. The lowest BCUT2D eigenvalue weighted by Gasteiger charge is -2.25. The summed E-state index contributed by atoms with van der Waals surface area (Å²) in [5.41, 5.74) is 3.68. The van der Waals surface area contributed by atoms with E-state index in [-0.39, 0.29) is 5.41 Å². The van der Waals surface area contributed by atoms with Crippen molar-refractivity contribution in [1.29, 1.82) is 0 Å². The molecule has 0 atom stereocenters. The van der Waals surface area contributed by atoms with Gasteiger partial charge in [0.15, 0.2) is 0 Å². The van der Waals surface area contributed by atoms with Crippen molar-refractivity contribution in [2.75, 3.05) is 0 Å². The summed E-state index contributed by atoms with van der Waals surface area (Å²) in [5, 5.41) is 0. The van der Waals surface area contributed by atoms with Crippen LogP contribution in [0.3, 0.4) is 0 Å². The van der Waals surface area contributed by atoms with Crippen LogP contribution in [0.15, 0.2) is 48.7 Å². The van der Waals surface area contributed by atoms with Crippen LogP contribution in [0, 0.1) is 6.92 Å². The molecule has 0 bridgehead atoms. The largest absolute Gasteiger partial charge is 0.260 e. The first-order valence-corrected chi connectivity index (χ1v) is 5.59. The minimum atomic E-state index is -0.0344. The summed E-state index contributed by atoms with van der Waals surface area (Å²) in [7, 11) is 0. The Bertz CT molecular complexity index is 472. The standard InChI is InChI=1S/C15H17N/c1-12-7-6-8-13(11-12)15(2,3)14-9-4-5-10-16-14/h4-11H,1-3H3. The number of aryl methyl sites for hydroxylation is 1. The molecule has 1 aromatic heterocycles. The quantitative estimate of drug-likeness (QED) is 0.737. The third kappa shape index (κ3) is 1.99. The van der Waals surface area contributed by atoms with E-state index in [0.29, 0.717) is 0 Å². The van der Waals surface area contributed by atoms with Crippen molar-refractivity contribution in [3.63, 3.8) is 0 Å². The lowest BCUT2D eigenvalue weighted by molar-refractivity contribution is 0.616. The third-order valence-corrected chi connectivity index (χ3v) is 3.05. The monoisotopic (exact) mass is 211 g/mol. The number of aromatic nitrogens is 1. The van der Waals surface area contributed by atoms with E-state index in [0.717, 1.165) is 5.69 Å². The number of rotatable bonds is 2. The van der Waals surface area contributed by atoms with Crippen LogP contribution in [-0.4, -0.2) is 4.98 Å². The molecule has 2 rings (SSSR count). The SMILES string of the molecule is Cc1cccc(C(C)(C)c2ccccn2)c1. The van der Waals surface area contributed by atoms with Crippen LogP contribution < -0.4 is 0 Å². The van der Waals surface area contributed by atoms with E-state index in [1.165, 1.54) is 11.1 Å². The second kappa shape index (κ2) is 4.09. The predicted molar refractivity (Wildman–Crippen MR) is 67.5 cm³/mol. The second-order valence-electron chi connectivity index (χ2n) is 4.71. The fourth-order valence-electron chi connectivity index (χ4n) is 1.91. The zero-order chi connectivity index (χ0) is 11.6. The highest BCUT2D eigenvalue weighted by Gasteiger charge is 2.23. The Morgan fingerprint density at radius 3 is 2.44 bits per heavy atom. The van der Waals surface area contributed by atoms with E-state index < -0.39 is 0 Å². The van der Waals surface area contributed by atoms with E-state index in [1.54, 1.807) is 0 Å². The minimum Gasteiger partial charge on any atom is -0.260 e. The number of benzene rings is 1. The molecule has 0 amide bonds. The molecule has 0 saturated carbocycles. The van der Waals surface area contributed by atoms with Gasteiger partial charge in [0.1, 0.15) is 0 Å². The molecule has 82 valence electrons. The van der Waals surface area contributed by atoms with Crippen LogP contribution in [0.25, 0.3) is 0 Å². The molecule has 2 aromatic rings. The molecule has 0 fully saturated rings. The molecule has 1 nitrogen and oxygen atoms in total. The number of pyridine rings is 1. The van der Waals surface area contributed by atoms with Gasteiger partial charge in [-0.2, -0.15) is 0 Å². The average Bonchev–Trinajstić information content (AvgIpc) is 2.30. The third-order valence-electron chi connectivity index (χ3n) is 3.05. The minimum absolute atomic E-state index is 0.0344. The Labute approximate surface area is 97.2 Å². The van der Waals surface area contributed by atoms with E-state index in [4.69, 9.17) is 0 Å². The summed E-state index contributed by atoms with van der Waals surface area (Å²) in [6.45, 7) is 6.55. The van der Waals surface area contributed by atoms with Gasteiger partial charge in [0.05, 0.1) is 5.69 Å². The number of hydrogen-bond acceptors (Lipinski definition) is 1. The van der Waals surface area contributed by atoms with E-state index in [1.807, 2.05) is 18.3 Å². The van der Waals surface area contributed by atoms with Crippen molar-refractivity contribution in [2.24, 2.45) is 0 Å². The summed E-state index contributed by atoms with van der Waals surface area (Å²) < 4.78 is 0. The first-order chi connectivity index (χ1) is 7.60. The van der Waals surface area contributed by atoms with Crippen LogP contribution >= 0.6 is 0 Å². The molecule has 0 radical (unpaired) electrons. The van der Waals surface area contributed by atoms with Gasteiger partial charge in [-0.3, -0.25) is 4.98 Å². The Morgan fingerprint density at radius 1 is 1.00 bits per heavy atom. The van der Waals surface area contributed by atoms with Gasteiger partial charge in [-0.1, -0.05) is 49.7 Å². The van der Waals surface area contributed by atoms with Gasteiger partial charge in [0.2, 0.25) is 0 Å². The Kier molecular flexibility index (Phi) is 2.78. The average molecular weight is 211 g/mol. The lowest BCUT2D eigenvalue weighted by atomic mass is 9.80. The number of hydrogen-bond donors (Lipinski definition) is 0. The summed E-state index contributed by atoms with van der Waals surface area (Å²) in [5.74, 6) is 0. The molecule has 1 heteroatoms. The highest BCUT2D eigenvalue weighted by molar-refractivity contribution is 5.35. The van der Waals surface area contributed by atoms with Crippen molar-refractivity contribution in [3.8, 4) is 0 Å². The summed E-state index contributed by atoms with van der Waals surface area (Å²) in [6, 6.07) is 14.7. The van der Waals surface area contributed by atoms with Gasteiger partial charge in [-0.05, 0) is 24.6 Å². The van der Waals surface area contributed by atoms with Crippen LogP contribution in [0.2, 0.25) is 0 Å². The van der Waals surface area contributed by atoms with Crippen molar-refractivity contribution in [1.82, 2.24) is 4.98 Å². The highest BCUT2D eigenvalue weighted by Crippen LogP contribution is 2.29. The van der Waals surface area contributed by atoms with E-state index in [2.05, 4.69) is 56.1 Å². The predicted octanol–water partition coefficient (Wildman–Crippen LogP) is 3.72. The maximum Gasteiger partial charge on any atom is 0.0503 e. The van der Waals surface area contributed by atoms with Gasteiger partial charge in [-0.25, -0.2) is 0 Å². The summed E-state index contributed by atoms with van der Waals surface area (Å²) in [4.78, 5) is 4.46. The lowest BCUT2D eigenvalue weighted by Crippen LogP contribution is -2.20. The maximum absolute atomic E-state index is 4.46. The normalized spacial score (nSPS) is 11.4. The number of nitrogens with zero attached hydrogens (tertiary/aromatic N) is 1. The first-order valence-electron chi connectivity index (χ1n) is 5.59. The molecule has 0 N–H and O–H groups in total. The fraction of sp³-hybridized carbons (Fsp3) is 0.267. The van der Waals surface area contributed by atoms with Crippen LogP contribution in [0.5, 0.6) is 0 Å². The van der Waals surface area contributed by atoms with Crippen LogP contribution in [-0.2, 0) is 5.41 Å². The molecule has 16 heavy (non-hydrogen) atoms. The van der Waals surface area contributed by atoms with Crippen molar-refractivity contribution >= 4 is 0 Å². The molecule has 0 aliphatic heterocycles. The Morgan fingerprint density at radius 2 is 1.81 bits per heavy atom. The Balaban J connectivity index is 2.47. The molecule has 0 aliphatic rings. The zero-order valence-corrected chi connectivity index (χ0v) is 10.1. The smallest absolute Gasteiger partial charge is 0.0503 e. The van der Waals surface area contributed by atoms with E-state index >= 15 is 0 Å². The molecule has 0 saturated heterocycles. The van der Waals surface area contributed by atoms with Crippen molar-refractivity contribution in [2.45, 2.75) is 26.2 Å². The van der Waals surface area contributed by atoms with Gasteiger partial charge in [0.25, 0.3) is 0 Å². The van der Waals surface area contributed by atoms with E-state index in [9.17, 15) is 0 Å². The zero-order valence-electron chi connectivity index (χ0n) is 10.1. The van der Waals surface area contributed by atoms with Crippen LogP contribution in [0.4, 0.5) is 0 Å². The summed E-state index contributed by atoms with van der Waals surface area (Å²) in [6.07, 6.45) is 1.85.